The van der Waals surface area contributed by atoms with Crippen LogP contribution in [0.3, 0.4) is 0 Å². The topological polar surface area (TPSA) is 68.0 Å². The summed E-state index contributed by atoms with van der Waals surface area (Å²) in [4.78, 5) is 2.31. The van der Waals surface area contributed by atoms with Gasteiger partial charge in [-0.15, -0.1) is 0 Å². The van der Waals surface area contributed by atoms with Crippen LogP contribution in [0.25, 0.3) is 0 Å². The summed E-state index contributed by atoms with van der Waals surface area (Å²) < 4.78 is 24.8. The lowest BCUT2D eigenvalue weighted by Crippen LogP contribution is -2.40. The standard InChI is InChI=1S/C29H35FN2O3/c1-19-16-28(20(2)21(3)29(19)31)34-18-25(33)17-32-14-12-23(13-15-32)22-4-8-26(9-5-22)35-27-10-6-24(30)7-11-27/h4-11,16,23,25,33H,12-15,17-18,31H2,1-3H3/t25-/m0/s1. The van der Waals surface area contributed by atoms with Crippen LogP contribution in [0, 0.1) is 26.6 Å². The number of likely N-dealkylation sites (tertiary alicyclic amines) is 1. The number of hydrogen-bond acceptors (Lipinski definition) is 5. The Hall–Kier alpha value is -3.09. The van der Waals surface area contributed by atoms with Crippen molar-refractivity contribution in [1.29, 1.82) is 0 Å². The second kappa shape index (κ2) is 11.1. The highest BCUT2D eigenvalue weighted by Gasteiger charge is 2.23. The molecular formula is C29H35FN2O3. The number of ether oxygens (including phenoxy) is 2. The lowest BCUT2D eigenvalue weighted by Gasteiger charge is -2.33. The molecule has 1 atom stereocenters. The van der Waals surface area contributed by atoms with Crippen LogP contribution in [0.15, 0.2) is 54.6 Å². The Kier molecular flexibility index (Phi) is 7.93. The van der Waals surface area contributed by atoms with Crippen LogP contribution >= 0.6 is 0 Å². The number of β-amino-alcohol motifs (C(OH)–C–C–N with tert-alkyl or cyclic N) is 1. The zero-order chi connectivity index (χ0) is 24.9. The number of rotatable bonds is 8. The van der Waals surface area contributed by atoms with E-state index in [-0.39, 0.29) is 12.4 Å². The molecule has 3 aromatic rings. The number of halogens is 1. The molecule has 3 aromatic carbocycles. The van der Waals surface area contributed by atoms with E-state index in [1.54, 1.807) is 12.1 Å². The van der Waals surface area contributed by atoms with Gasteiger partial charge in [0.1, 0.15) is 35.8 Å². The SMILES string of the molecule is Cc1cc(OC[C@@H](O)CN2CCC(c3ccc(Oc4ccc(F)cc4)cc3)CC2)c(C)c(C)c1N. The van der Waals surface area contributed by atoms with Gasteiger partial charge in [-0.3, -0.25) is 0 Å². The number of anilines is 1. The third kappa shape index (κ3) is 6.32. The van der Waals surface area contributed by atoms with E-state index in [1.165, 1.54) is 17.7 Å². The van der Waals surface area contributed by atoms with Crippen molar-refractivity contribution in [3.63, 3.8) is 0 Å². The Morgan fingerprint density at radius 1 is 0.971 bits per heavy atom. The summed E-state index contributed by atoms with van der Waals surface area (Å²) in [5.41, 5.74) is 11.2. The van der Waals surface area contributed by atoms with Crippen molar-refractivity contribution < 1.29 is 19.0 Å². The number of nitrogen functional groups attached to an aromatic ring is 1. The number of aliphatic hydroxyl groups excluding tert-OH is 1. The van der Waals surface area contributed by atoms with Gasteiger partial charge in [-0.25, -0.2) is 4.39 Å². The van der Waals surface area contributed by atoms with E-state index in [0.717, 1.165) is 59.8 Å². The smallest absolute Gasteiger partial charge is 0.127 e. The molecule has 1 aliphatic heterocycles. The molecule has 1 heterocycles. The Bertz CT molecular complexity index is 1120. The van der Waals surface area contributed by atoms with Crippen LogP contribution in [0.1, 0.15) is 41.0 Å². The van der Waals surface area contributed by atoms with E-state index in [1.807, 2.05) is 39.0 Å². The Balaban J connectivity index is 1.23. The molecule has 0 unspecified atom stereocenters. The van der Waals surface area contributed by atoms with Gasteiger partial charge in [-0.05, 0) is 117 Å². The van der Waals surface area contributed by atoms with Crippen molar-refractivity contribution in [2.45, 2.75) is 45.6 Å². The molecule has 0 saturated carbocycles. The molecule has 4 rings (SSSR count). The molecule has 0 amide bonds. The second-order valence-corrected chi connectivity index (χ2v) is 9.52. The molecule has 0 aliphatic carbocycles. The number of nitrogens with zero attached hydrogens (tertiary/aromatic N) is 1. The first-order valence-electron chi connectivity index (χ1n) is 12.2. The van der Waals surface area contributed by atoms with E-state index < -0.39 is 6.10 Å². The van der Waals surface area contributed by atoms with Gasteiger partial charge < -0.3 is 25.2 Å². The van der Waals surface area contributed by atoms with E-state index in [2.05, 4.69) is 17.0 Å². The first-order valence-corrected chi connectivity index (χ1v) is 12.2. The fourth-order valence-corrected chi connectivity index (χ4v) is 4.65. The van der Waals surface area contributed by atoms with Crippen molar-refractivity contribution in [2.24, 2.45) is 0 Å². The molecule has 1 fully saturated rings. The van der Waals surface area contributed by atoms with Crippen LogP contribution < -0.4 is 15.2 Å². The van der Waals surface area contributed by atoms with Gasteiger partial charge in [0.15, 0.2) is 0 Å². The molecular weight excluding hydrogens is 443 g/mol. The predicted octanol–water partition coefficient (Wildman–Crippen LogP) is 5.74. The molecule has 0 spiro atoms. The third-order valence-corrected chi connectivity index (χ3v) is 7.00. The maximum atomic E-state index is 13.1. The number of nitrogens with two attached hydrogens (primary N) is 1. The van der Waals surface area contributed by atoms with Crippen molar-refractivity contribution in [3.8, 4) is 17.2 Å². The van der Waals surface area contributed by atoms with Gasteiger partial charge >= 0.3 is 0 Å². The summed E-state index contributed by atoms with van der Waals surface area (Å²) in [6.07, 6.45) is 1.54. The summed E-state index contributed by atoms with van der Waals surface area (Å²) in [6.45, 7) is 8.71. The maximum Gasteiger partial charge on any atom is 0.127 e. The second-order valence-electron chi connectivity index (χ2n) is 9.52. The quantitative estimate of drug-likeness (QED) is 0.404. The van der Waals surface area contributed by atoms with Crippen LogP contribution in [0.5, 0.6) is 17.2 Å². The van der Waals surface area contributed by atoms with Gasteiger partial charge in [0.05, 0.1) is 0 Å². The van der Waals surface area contributed by atoms with Crippen molar-refractivity contribution in [3.05, 3.63) is 82.7 Å². The van der Waals surface area contributed by atoms with Crippen molar-refractivity contribution in [1.82, 2.24) is 4.90 Å². The van der Waals surface area contributed by atoms with E-state index in [4.69, 9.17) is 15.2 Å². The Morgan fingerprint density at radius 2 is 1.57 bits per heavy atom. The molecule has 1 saturated heterocycles. The summed E-state index contributed by atoms with van der Waals surface area (Å²) in [5, 5.41) is 10.6. The molecule has 35 heavy (non-hydrogen) atoms. The van der Waals surface area contributed by atoms with Crippen molar-refractivity contribution in [2.75, 3.05) is 32.0 Å². The summed E-state index contributed by atoms with van der Waals surface area (Å²) >= 11 is 0. The first-order chi connectivity index (χ1) is 16.8. The lowest BCUT2D eigenvalue weighted by molar-refractivity contribution is 0.0592. The fourth-order valence-electron chi connectivity index (χ4n) is 4.65. The average Bonchev–Trinajstić information content (AvgIpc) is 2.86. The van der Waals surface area contributed by atoms with E-state index in [9.17, 15) is 9.50 Å². The molecule has 186 valence electrons. The molecule has 0 bridgehead atoms. The Labute approximate surface area is 207 Å². The first kappa shape index (κ1) is 25.0. The van der Waals surface area contributed by atoms with E-state index >= 15 is 0 Å². The number of benzene rings is 3. The fraction of sp³-hybridized carbons (Fsp3) is 0.379. The Morgan fingerprint density at radius 3 is 2.20 bits per heavy atom. The molecule has 5 nitrogen and oxygen atoms in total. The zero-order valence-corrected chi connectivity index (χ0v) is 20.8. The highest BCUT2D eigenvalue weighted by atomic mass is 19.1. The molecule has 0 aromatic heterocycles. The molecule has 0 radical (unpaired) electrons. The van der Waals surface area contributed by atoms with Gasteiger partial charge in [-0.1, -0.05) is 12.1 Å². The van der Waals surface area contributed by atoms with Gasteiger partial charge in [0.2, 0.25) is 0 Å². The minimum Gasteiger partial charge on any atom is -0.491 e. The normalized spacial score (nSPS) is 15.7. The minimum atomic E-state index is -0.549. The van der Waals surface area contributed by atoms with Crippen LogP contribution in [0.4, 0.5) is 10.1 Å². The number of aryl methyl sites for hydroxylation is 1. The number of hydrogen-bond donors (Lipinski definition) is 2. The van der Waals surface area contributed by atoms with Crippen LogP contribution in [-0.4, -0.2) is 42.4 Å². The van der Waals surface area contributed by atoms with Crippen LogP contribution in [-0.2, 0) is 0 Å². The number of aliphatic hydroxyl groups is 1. The van der Waals surface area contributed by atoms with Gasteiger partial charge in [-0.2, -0.15) is 0 Å². The summed E-state index contributed by atoms with van der Waals surface area (Å²) in [6, 6.07) is 16.1. The van der Waals surface area contributed by atoms with E-state index in [0.29, 0.717) is 18.2 Å². The molecule has 1 aliphatic rings. The average molecular weight is 479 g/mol. The predicted molar refractivity (Wildman–Crippen MR) is 138 cm³/mol. The zero-order valence-electron chi connectivity index (χ0n) is 20.8. The third-order valence-electron chi connectivity index (χ3n) is 7.00. The van der Waals surface area contributed by atoms with Gasteiger partial charge in [0.25, 0.3) is 0 Å². The minimum absolute atomic E-state index is 0.263. The van der Waals surface area contributed by atoms with Gasteiger partial charge in [0, 0.05) is 12.2 Å². The highest BCUT2D eigenvalue weighted by molar-refractivity contribution is 5.60. The van der Waals surface area contributed by atoms with Crippen molar-refractivity contribution >= 4 is 5.69 Å². The monoisotopic (exact) mass is 478 g/mol. The van der Waals surface area contributed by atoms with Crippen LogP contribution in [0.2, 0.25) is 0 Å². The largest absolute Gasteiger partial charge is 0.491 e. The lowest BCUT2D eigenvalue weighted by atomic mass is 9.89. The molecule has 6 heteroatoms. The molecule has 3 N–H and O–H groups in total. The number of piperidine rings is 1. The highest BCUT2D eigenvalue weighted by Crippen LogP contribution is 2.31. The summed E-state index contributed by atoms with van der Waals surface area (Å²) in [5.74, 6) is 2.36. The maximum absolute atomic E-state index is 13.1. The summed E-state index contributed by atoms with van der Waals surface area (Å²) in [7, 11) is 0.